The highest BCUT2D eigenvalue weighted by Gasteiger charge is 2.31. The number of hydrogen-bond donors (Lipinski definition) is 3. The molecule has 44 heavy (non-hydrogen) atoms. The number of benzene rings is 1. The number of aliphatic hydroxyl groups is 1. The van der Waals surface area contributed by atoms with Crippen molar-refractivity contribution < 1.29 is 41.0 Å². The molecule has 2 atom stereocenters. The average Bonchev–Trinajstić information content (AvgIpc) is 3.63. The lowest BCUT2D eigenvalue weighted by Gasteiger charge is -2.11. The van der Waals surface area contributed by atoms with Crippen molar-refractivity contribution in [1.82, 2.24) is 40.8 Å². The number of carbonyl (C=O) groups excluding carboxylic acids is 1. The van der Waals surface area contributed by atoms with Gasteiger partial charge in [-0.2, -0.15) is 8.78 Å². The van der Waals surface area contributed by atoms with Gasteiger partial charge in [0.1, 0.15) is 22.6 Å². The fourth-order valence-electron chi connectivity index (χ4n) is 3.66. The van der Waals surface area contributed by atoms with Crippen LogP contribution in [0.3, 0.4) is 0 Å². The van der Waals surface area contributed by atoms with Crippen LogP contribution < -0.4 is 15.4 Å². The van der Waals surface area contributed by atoms with Gasteiger partial charge in [0.15, 0.2) is 6.23 Å². The van der Waals surface area contributed by atoms with Crippen LogP contribution in [0.15, 0.2) is 48.8 Å². The SMILES string of the molecule is O=C(NCc1cccc(OC(F)(F)F)c1)c1nnc(CCC(F)Cn2cc(C(O)NCc3ccc(C(F)(F)I)cn3)nn2)s1. The fourth-order valence-corrected chi connectivity index (χ4v) is 4.75. The van der Waals surface area contributed by atoms with Gasteiger partial charge in [0.2, 0.25) is 5.01 Å². The Bertz CT molecular complexity index is 1530. The second kappa shape index (κ2) is 14.6. The first-order valence-electron chi connectivity index (χ1n) is 12.7. The van der Waals surface area contributed by atoms with Gasteiger partial charge in [-0.3, -0.25) is 15.1 Å². The number of carbonyl (C=O) groups is 1. The molecule has 0 saturated carbocycles. The Balaban J connectivity index is 1.19. The summed E-state index contributed by atoms with van der Waals surface area (Å²) in [6.45, 7) is -0.195. The summed E-state index contributed by atoms with van der Waals surface area (Å²) in [6.07, 6.45) is -4.87. The van der Waals surface area contributed by atoms with Crippen LogP contribution in [0.1, 0.15) is 50.0 Å². The molecule has 4 rings (SSSR count). The second-order valence-electron chi connectivity index (χ2n) is 9.20. The Labute approximate surface area is 263 Å². The number of aliphatic hydroxyl groups excluding tert-OH is 1. The van der Waals surface area contributed by atoms with E-state index in [2.05, 4.69) is 40.9 Å². The zero-order chi connectivity index (χ0) is 31.9. The van der Waals surface area contributed by atoms with Gasteiger partial charge in [-0.1, -0.05) is 28.7 Å². The third-order valence-corrected chi connectivity index (χ3v) is 7.37. The molecule has 0 fully saturated rings. The van der Waals surface area contributed by atoms with Crippen molar-refractivity contribution in [3.05, 3.63) is 81.3 Å². The van der Waals surface area contributed by atoms with Crippen LogP contribution in [-0.2, 0) is 30.0 Å². The highest BCUT2D eigenvalue weighted by Crippen LogP contribution is 2.34. The molecule has 3 heterocycles. The summed E-state index contributed by atoms with van der Waals surface area (Å²) < 4.78 is 80.5. The zero-order valence-electron chi connectivity index (χ0n) is 22.3. The Kier molecular flexibility index (Phi) is 11.1. The molecule has 4 aromatic rings. The first-order valence-corrected chi connectivity index (χ1v) is 14.6. The summed E-state index contributed by atoms with van der Waals surface area (Å²) in [5, 5.41) is 31.3. The molecule has 3 aromatic heterocycles. The summed E-state index contributed by atoms with van der Waals surface area (Å²) >= 11 is 1.96. The summed E-state index contributed by atoms with van der Waals surface area (Å²) in [7, 11) is 0. The van der Waals surface area contributed by atoms with Crippen LogP contribution in [0.4, 0.5) is 26.3 Å². The second-order valence-corrected chi connectivity index (χ2v) is 11.6. The lowest BCUT2D eigenvalue weighted by molar-refractivity contribution is -0.274. The third-order valence-electron chi connectivity index (χ3n) is 5.77. The monoisotopic (exact) mass is 756 g/mol. The highest BCUT2D eigenvalue weighted by atomic mass is 127. The first-order chi connectivity index (χ1) is 20.7. The largest absolute Gasteiger partial charge is 0.573 e. The maximum absolute atomic E-state index is 14.6. The molecule has 0 aliphatic carbocycles. The molecular formula is C25H23F6IN8O3S. The average molecular weight is 756 g/mol. The van der Waals surface area contributed by atoms with E-state index in [1.54, 1.807) is 0 Å². The predicted octanol–water partition coefficient (Wildman–Crippen LogP) is 4.59. The van der Waals surface area contributed by atoms with Crippen LogP contribution in [0, 0.1) is 0 Å². The van der Waals surface area contributed by atoms with E-state index < -0.39 is 34.3 Å². The quantitative estimate of drug-likeness (QED) is 0.0730. The first kappa shape index (κ1) is 33.5. The molecule has 0 aliphatic heterocycles. The molecule has 3 N–H and O–H groups in total. The molecule has 2 unspecified atom stereocenters. The molecule has 0 aliphatic rings. The minimum Gasteiger partial charge on any atom is -0.406 e. The molecule has 0 bridgehead atoms. The molecule has 19 heteroatoms. The van der Waals surface area contributed by atoms with E-state index in [0.29, 0.717) is 16.3 Å². The minimum absolute atomic E-state index is 0.00889. The van der Waals surface area contributed by atoms with Gasteiger partial charge in [-0.25, -0.2) is 9.07 Å². The highest BCUT2D eigenvalue weighted by molar-refractivity contribution is 14.1. The van der Waals surface area contributed by atoms with E-state index in [4.69, 9.17) is 0 Å². The lowest BCUT2D eigenvalue weighted by atomic mass is 10.2. The number of amides is 1. The Morgan fingerprint density at radius 1 is 1.11 bits per heavy atom. The Hall–Kier alpha value is -3.43. The number of ether oxygens (including phenoxy) is 1. The van der Waals surface area contributed by atoms with Crippen LogP contribution >= 0.6 is 33.9 Å². The van der Waals surface area contributed by atoms with Gasteiger partial charge >= 0.3 is 10.3 Å². The lowest BCUT2D eigenvalue weighted by Crippen LogP contribution is -2.23. The normalized spacial score (nSPS) is 13.5. The van der Waals surface area contributed by atoms with E-state index in [1.807, 2.05) is 0 Å². The van der Waals surface area contributed by atoms with Gasteiger partial charge in [0.05, 0.1) is 18.4 Å². The molecule has 0 saturated heterocycles. The zero-order valence-corrected chi connectivity index (χ0v) is 25.3. The number of rotatable bonds is 14. The number of hydrogen-bond acceptors (Lipinski definition) is 10. The third kappa shape index (κ3) is 10.3. The number of alkyl halides is 7. The van der Waals surface area contributed by atoms with Gasteiger partial charge in [-0.15, -0.1) is 28.5 Å². The summed E-state index contributed by atoms with van der Waals surface area (Å²) in [4.78, 5) is 16.3. The number of nitrogens with zero attached hydrogens (tertiary/aromatic N) is 6. The van der Waals surface area contributed by atoms with Crippen molar-refractivity contribution >= 4 is 39.8 Å². The molecule has 0 spiro atoms. The van der Waals surface area contributed by atoms with Crippen molar-refractivity contribution in [2.45, 2.75) is 55.2 Å². The smallest absolute Gasteiger partial charge is 0.406 e. The number of pyridine rings is 1. The van der Waals surface area contributed by atoms with Gasteiger partial charge in [0.25, 0.3) is 5.91 Å². The van der Waals surface area contributed by atoms with Crippen LogP contribution in [-0.4, -0.2) is 53.7 Å². The minimum atomic E-state index is -4.84. The van der Waals surface area contributed by atoms with Crippen molar-refractivity contribution in [2.24, 2.45) is 0 Å². The van der Waals surface area contributed by atoms with Crippen molar-refractivity contribution in [3.63, 3.8) is 0 Å². The van der Waals surface area contributed by atoms with Crippen molar-refractivity contribution in [3.8, 4) is 5.75 Å². The Morgan fingerprint density at radius 2 is 1.91 bits per heavy atom. The van der Waals surface area contributed by atoms with Gasteiger partial charge in [0, 0.05) is 53.9 Å². The number of aromatic nitrogens is 6. The van der Waals surface area contributed by atoms with E-state index in [1.165, 1.54) is 35.1 Å². The molecule has 236 valence electrons. The number of nitrogens with one attached hydrogen (secondary N) is 2. The summed E-state index contributed by atoms with van der Waals surface area (Å²) in [5.41, 5.74) is 0.654. The maximum Gasteiger partial charge on any atom is 0.573 e. The number of aryl methyl sites for hydroxylation is 1. The molecule has 1 aromatic carbocycles. The van der Waals surface area contributed by atoms with Gasteiger partial charge < -0.3 is 15.2 Å². The topological polar surface area (TPSA) is 140 Å². The standard InChI is InChI=1S/C25H23F6IN8O3S/c26-16(12-40-13-19(36-39-40)21(41)35-11-17-6-4-15(10-33-17)24(27,28)32)5-7-20-37-38-23(44-20)22(42)34-9-14-2-1-3-18(8-14)43-25(29,30)31/h1-4,6,8,10,13,16,21,35,41H,5,7,9,11-12H2,(H,34,42). The molecule has 0 radical (unpaired) electrons. The molecular weight excluding hydrogens is 733 g/mol. The van der Waals surface area contributed by atoms with Gasteiger partial charge in [-0.05, 0) is 36.2 Å². The van der Waals surface area contributed by atoms with E-state index in [-0.39, 0.29) is 48.7 Å². The van der Waals surface area contributed by atoms with E-state index in [0.717, 1.165) is 52.3 Å². The fraction of sp³-hybridized carbons (Fsp3) is 0.360. The van der Waals surface area contributed by atoms with Crippen LogP contribution in [0.2, 0.25) is 0 Å². The predicted molar refractivity (Wildman–Crippen MR) is 151 cm³/mol. The molecule has 1 amide bonds. The number of halogens is 7. The van der Waals surface area contributed by atoms with Crippen molar-refractivity contribution in [1.29, 1.82) is 0 Å². The van der Waals surface area contributed by atoms with E-state index >= 15 is 0 Å². The van der Waals surface area contributed by atoms with E-state index in [9.17, 15) is 36.2 Å². The van der Waals surface area contributed by atoms with Crippen LogP contribution in [0.25, 0.3) is 0 Å². The molecule has 11 nitrogen and oxygen atoms in total. The maximum atomic E-state index is 14.6. The summed E-state index contributed by atoms with van der Waals surface area (Å²) in [5.74, 6) is -1.01. The van der Waals surface area contributed by atoms with Crippen molar-refractivity contribution in [2.75, 3.05) is 0 Å². The van der Waals surface area contributed by atoms with Crippen LogP contribution in [0.5, 0.6) is 5.75 Å². The Morgan fingerprint density at radius 3 is 2.61 bits per heavy atom. The summed E-state index contributed by atoms with van der Waals surface area (Å²) in [6, 6.07) is 7.80.